The van der Waals surface area contributed by atoms with Crippen molar-refractivity contribution in [1.82, 2.24) is 10.2 Å². The molecule has 0 spiro atoms. The van der Waals surface area contributed by atoms with Gasteiger partial charge in [0, 0.05) is 30.9 Å². The lowest BCUT2D eigenvalue weighted by molar-refractivity contribution is -0.121. The van der Waals surface area contributed by atoms with Gasteiger partial charge in [0.2, 0.25) is 5.91 Å². The largest absolute Gasteiger partial charge is 0.356 e. The Balaban J connectivity index is 1.92. The molecule has 4 nitrogen and oxygen atoms in total. The van der Waals surface area contributed by atoms with E-state index in [1.54, 1.807) is 11.3 Å². The highest BCUT2D eigenvalue weighted by Gasteiger charge is 2.26. The van der Waals surface area contributed by atoms with Crippen LogP contribution < -0.4 is 5.32 Å². The van der Waals surface area contributed by atoms with E-state index in [-0.39, 0.29) is 11.8 Å². The van der Waals surface area contributed by atoms with E-state index in [0.717, 1.165) is 43.6 Å². The lowest BCUT2D eigenvalue weighted by Crippen LogP contribution is -2.43. The number of carbonyl (C=O) groups is 2. The van der Waals surface area contributed by atoms with Crippen LogP contribution in [0.2, 0.25) is 0 Å². The molecule has 0 radical (unpaired) electrons. The number of amides is 2. The van der Waals surface area contributed by atoms with Crippen LogP contribution in [0.4, 0.5) is 0 Å². The Labute approximate surface area is 143 Å². The van der Waals surface area contributed by atoms with Gasteiger partial charge in [-0.1, -0.05) is 13.8 Å². The zero-order chi connectivity index (χ0) is 16.8. The van der Waals surface area contributed by atoms with Gasteiger partial charge in [-0.2, -0.15) is 0 Å². The Morgan fingerprint density at radius 2 is 2.17 bits per heavy atom. The van der Waals surface area contributed by atoms with Gasteiger partial charge in [0.05, 0.1) is 4.88 Å². The molecule has 1 fully saturated rings. The first-order valence-electron chi connectivity index (χ1n) is 8.70. The van der Waals surface area contributed by atoms with E-state index in [0.29, 0.717) is 18.9 Å². The Bertz CT molecular complexity index is 553. The van der Waals surface area contributed by atoms with E-state index in [2.05, 4.69) is 19.2 Å². The average molecular weight is 337 g/mol. The van der Waals surface area contributed by atoms with Crippen LogP contribution in [0, 0.1) is 12.8 Å². The van der Waals surface area contributed by atoms with E-state index in [1.165, 1.54) is 10.4 Å². The second-order valence-corrected chi connectivity index (χ2v) is 7.52. The summed E-state index contributed by atoms with van der Waals surface area (Å²) in [5.41, 5.74) is 1.22. The molecule has 0 aliphatic carbocycles. The smallest absolute Gasteiger partial charge is 0.263 e. The van der Waals surface area contributed by atoms with Gasteiger partial charge in [-0.25, -0.2) is 0 Å². The topological polar surface area (TPSA) is 49.4 Å². The highest BCUT2D eigenvalue weighted by Crippen LogP contribution is 2.25. The number of nitrogens with zero attached hydrogens (tertiary/aromatic N) is 1. The van der Waals surface area contributed by atoms with Crippen molar-refractivity contribution in [3.63, 3.8) is 0 Å². The van der Waals surface area contributed by atoms with E-state index < -0.39 is 0 Å². The summed E-state index contributed by atoms with van der Waals surface area (Å²) < 4.78 is 0. The van der Waals surface area contributed by atoms with Gasteiger partial charge < -0.3 is 10.2 Å². The van der Waals surface area contributed by atoms with Crippen molar-refractivity contribution in [1.29, 1.82) is 0 Å². The molecule has 0 unspecified atom stereocenters. The summed E-state index contributed by atoms with van der Waals surface area (Å²) >= 11 is 1.63. The number of nitrogens with one attached hydrogen (secondary N) is 1. The molecular weight excluding hydrogens is 308 g/mol. The molecular formula is C18H28N2O2S. The monoisotopic (exact) mass is 336 g/mol. The van der Waals surface area contributed by atoms with Gasteiger partial charge in [0.15, 0.2) is 0 Å². The molecule has 1 aliphatic rings. The van der Waals surface area contributed by atoms with Gasteiger partial charge in [-0.05, 0) is 50.2 Å². The third-order valence-corrected chi connectivity index (χ3v) is 5.79. The number of rotatable bonds is 6. The number of likely N-dealkylation sites (tertiary alicyclic amines) is 1. The fourth-order valence-electron chi connectivity index (χ4n) is 3.12. The third kappa shape index (κ3) is 4.80. The molecule has 5 heteroatoms. The summed E-state index contributed by atoms with van der Waals surface area (Å²) in [5.74, 6) is 0.653. The van der Waals surface area contributed by atoms with Gasteiger partial charge in [0.25, 0.3) is 5.91 Å². The van der Waals surface area contributed by atoms with E-state index in [1.807, 2.05) is 17.9 Å². The number of hydrogen-bond donors (Lipinski definition) is 1. The molecule has 2 amide bonds. The lowest BCUT2D eigenvalue weighted by atomic mass is 9.97. The van der Waals surface area contributed by atoms with E-state index in [9.17, 15) is 9.59 Å². The highest BCUT2D eigenvalue weighted by atomic mass is 32.1. The van der Waals surface area contributed by atoms with Crippen molar-refractivity contribution in [2.24, 2.45) is 5.92 Å². The Kier molecular flexibility index (Phi) is 6.63. The molecule has 1 atom stereocenters. The number of thiophene rings is 1. The molecule has 1 aromatic heterocycles. The van der Waals surface area contributed by atoms with Crippen LogP contribution in [0.1, 0.15) is 59.6 Å². The summed E-state index contributed by atoms with van der Waals surface area (Å²) in [6, 6.07) is 2.03. The number of aryl methyl sites for hydroxylation is 2. The van der Waals surface area contributed by atoms with Crippen LogP contribution in [0.3, 0.4) is 0 Å². The van der Waals surface area contributed by atoms with E-state index in [4.69, 9.17) is 0 Å². The quantitative estimate of drug-likeness (QED) is 0.866. The molecule has 0 aromatic carbocycles. The minimum atomic E-state index is 0.123. The molecule has 1 N–H and O–H groups in total. The maximum atomic E-state index is 12.7. The lowest BCUT2D eigenvalue weighted by Gasteiger charge is -2.32. The Morgan fingerprint density at radius 1 is 1.39 bits per heavy atom. The summed E-state index contributed by atoms with van der Waals surface area (Å²) in [7, 11) is 0. The molecule has 1 saturated heterocycles. The highest BCUT2D eigenvalue weighted by molar-refractivity contribution is 7.14. The van der Waals surface area contributed by atoms with Crippen molar-refractivity contribution < 1.29 is 9.59 Å². The number of hydrogen-bond acceptors (Lipinski definition) is 3. The minimum absolute atomic E-state index is 0.123. The fraction of sp³-hybridized carbons (Fsp3) is 0.667. The summed E-state index contributed by atoms with van der Waals surface area (Å²) in [4.78, 5) is 28.4. The van der Waals surface area contributed by atoms with Crippen LogP contribution >= 0.6 is 11.3 Å². The van der Waals surface area contributed by atoms with Gasteiger partial charge in [-0.3, -0.25) is 9.59 Å². The van der Waals surface area contributed by atoms with Gasteiger partial charge in [0.1, 0.15) is 0 Å². The van der Waals surface area contributed by atoms with Gasteiger partial charge in [-0.15, -0.1) is 11.3 Å². The van der Waals surface area contributed by atoms with Crippen LogP contribution in [-0.4, -0.2) is 36.3 Å². The predicted octanol–water partition coefficient (Wildman–Crippen LogP) is 3.39. The maximum absolute atomic E-state index is 12.7. The summed E-state index contributed by atoms with van der Waals surface area (Å²) in [5, 5.41) is 3.00. The van der Waals surface area contributed by atoms with Gasteiger partial charge >= 0.3 is 0 Å². The van der Waals surface area contributed by atoms with Crippen LogP contribution in [0.5, 0.6) is 0 Å². The molecule has 1 aromatic rings. The molecule has 0 bridgehead atoms. The summed E-state index contributed by atoms with van der Waals surface area (Å²) in [6.07, 6.45) is 4.54. The Morgan fingerprint density at radius 3 is 2.83 bits per heavy atom. The second kappa shape index (κ2) is 8.48. The first-order valence-corrected chi connectivity index (χ1v) is 9.52. The minimum Gasteiger partial charge on any atom is -0.356 e. The first kappa shape index (κ1) is 18.0. The number of piperidine rings is 1. The molecule has 23 heavy (non-hydrogen) atoms. The fourth-order valence-corrected chi connectivity index (χ4v) is 4.20. The Hall–Kier alpha value is -1.36. The molecule has 2 rings (SSSR count). The van der Waals surface area contributed by atoms with Crippen LogP contribution in [0.25, 0.3) is 0 Å². The predicted molar refractivity (Wildman–Crippen MR) is 95.0 cm³/mol. The van der Waals surface area contributed by atoms with Crippen molar-refractivity contribution >= 4 is 23.2 Å². The molecule has 0 saturated carbocycles. The second-order valence-electron chi connectivity index (χ2n) is 6.38. The molecule has 2 heterocycles. The molecule has 128 valence electrons. The normalized spacial score (nSPS) is 18.0. The first-order chi connectivity index (χ1) is 11.0. The third-order valence-electron chi connectivity index (χ3n) is 4.42. The van der Waals surface area contributed by atoms with Crippen molar-refractivity contribution in [2.45, 2.75) is 52.9 Å². The molecule has 1 aliphatic heterocycles. The average Bonchev–Trinajstić information content (AvgIpc) is 2.94. The van der Waals surface area contributed by atoms with Crippen LogP contribution in [0.15, 0.2) is 6.07 Å². The van der Waals surface area contributed by atoms with Crippen molar-refractivity contribution in [3.05, 3.63) is 21.4 Å². The standard InChI is InChI=1S/C18H28N2O2S/c1-4-7-17(21)19-11-14-8-6-9-20(12-14)18(22)16-10-13(3)15(5-2)23-16/h10,14H,4-9,11-12H2,1-3H3,(H,19,21)/t14-/m0/s1. The van der Waals surface area contributed by atoms with Crippen molar-refractivity contribution in [3.8, 4) is 0 Å². The maximum Gasteiger partial charge on any atom is 0.263 e. The van der Waals surface area contributed by atoms with Crippen molar-refractivity contribution in [2.75, 3.05) is 19.6 Å². The number of carbonyl (C=O) groups excluding carboxylic acids is 2. The zero-order valence-corrected chi connectivity index (χ0v) is 15.3. The van der Waals surface area contributed by atoms with Crippen LogP contribution in [-0.2, 0) is 11.2 Å². The van der Waals surface area contributed by atoms with E-state index >= 15 is 0 Å². The summed E-state index contributed by atoms with van der Waals surface area (Å²) in [6.45, 7) is 8.48. The zero-order valence-electron chi connectivity index (χ0n) is 14.5. The SMILES string of the molecule is CCCC(=O)NC[C@@H]1CCCN(C(=O)c2cc(C)c(CC)s2)C1.